The molecule has 4 nitrogen and oxygen atoms in total. The number of carbonyl (C=O) groups excluding carboxylic acids is 1. The number of esters is 1. The van der Waals surface area contributed by atoms with Crippen LogP contribution in [0.4, 0.5) is 0 Å². The maximum Gasteiger partial charge on any atom is 0.339 e. The molecule has 2 heterocycles. The van der Waals surface area contributed by atoms with Crippen LogP contribution in [0.2, 0.25) is 0 Å². The zero-order valence-electron chi connectivity index (χ0n) is 9.09. The molecule has 16 heavy (non-hydrogen) atoms. The lowest BCUT2D eigenvalue weighted by Gasteiger charge is -2.21. The van der Waals surface area contributed by atoms with Crippen molar-refractivity contribution in [1.29, 1.82) is 0 Å². The summed E-state index contributed by atoms with van der Waals surface area (Å²) in [5.41, 5.74) is 0.485. The van der Waals surface area contributed by atoms with Gasteiger partial charge in [-0.2, -0.15) is 0 Å². The predicted octanol–water partition coefficient (Wildman–Crippen LogP) is 1.81. The molecule has 1 aromatic rings. The molecule has 0 aliphatic carbocycles. The monoisotopic (exact) mass is 221 g/mol. The smallest absolute Gasteiger partial charge is 0.339 e. The average Bonchev–Trinajstić information content (AvgIpc) is 2.38. The second-order valence-electron chi connectivity index (χ2n) is 3.83. The van der Waals surface area contributed by atoms with Gasteiger partial charge in [0, 0.05) is 19.0 Å². The fourth-order valence-corrected chi connectivity index (χ4v) is 1.67. The summed E-state index contributed by atoms with van der Waals surface area (Å²) in [7, 11) is 0. The van der Waals surface area contributed by atoms with E-state index in [9.17, 15) is 4.79 Å². The highest BCUT2D eigenvalue weighted by atomic mass is 16.6. The summed E-state index contributed by atoms with van der Waals surface area (Å²) in [6, 6.07) is 3.41. The predicted molar refractivity (Wildman–Crippen MR) is 58.1 cm³/mol. The second-order valence-corrected chi connectivity index (χ2v) is 3.83. The van der Waals surface area contributed by atoms with E-state index in [4.69, 9.17) is 9.47 Å². The molecule has 0 radical (unpaired) electrons. The van der Waals surface area contributed by atoms with Gasteiger partial charge in [0.15, 0.2) is 0 Å². The Kier molecular flexibility index (Phi) is 3.88. The molecule has 1 saturated heterocycles. The van der Waals surface area contributed by atoms with Gasteiger partial charge in [-0.05, 0) is 31.4 Å². The average molecular weight is 221 g/mol. The first kappa shape index (κ1) is 11.1. The lowest BCUT2D eigenvalue weighted by molar-refractivity contribution is -0.0300. The lowest BCUT2D eigenvalue weighted by Crippen LogP contribution is -2.25. The van der Waals surface area contributed by atoms with Crippen molar-refractivity contribution in [2.24, 2.45) is 0 Å². The van der Waals surface area contributed by atoms with Crippen LogP contribution in [0.3, 0.4) is 0 Å². The van der Waals surface area contributed by atoms with Crippen LogP contribution in [-0.2, 0) is 9.47 Å². The van der Waals surface area contributed by atoms with Gasteiger partial charge in [0.1, 0.15) is 6.61 Å². The topological polar surface area (TPSA) is 48.4 Å². The molecule has 0 bridgehead atoms. The van der Waals surface area contributed by atoms with Crippen LogP contribution in [0.15, 0.2) is 24.5 Å². The number of pyridine rings is 1. The first-order valence-electron chi connectivity index (χ1n) is 5.55. The van der Waals surface area contributed by atoms with Gasteiger partial charge in [0.05, 0.1) is 11.7 Å². The van der Waals surface area contributed by atoms with Crippen molar-refractivity contribution >= 4 is 5.97 Å². The molecule has 0 spiro atoms. The van der Waals surface area contributed by atoms with Crippen LogP contribution < -0.4 is 0 Å². The third-order valence-corrected chi connectivity index (χ3v) is 2.57. The maximum atomic E-state index is 11.6. The van der Waals surface area contributed by atoms with Crippen LogP contribution in [0.1, 0.15) is 29.6 Å². The quantitative estimate of drug-likeness (QED) is 0.730. The largest absolute Gasteiger partial charge is 0.459 e. The molecule has 2 rings (SSSR count). The highest BCUT2D eigenvalue weighted by molar-refractivity contribution is 5.88. The zero-order chi connectivity index (χ0) is 11.2. The molecule has 1 aromatic heterocycles. The standard InChI is InChI=1S/C12H15NO3/c14-12(10-4-3-6-13-8-10)16-9-11-5-1-2-7-15-11/h3-4,6,8,11H,1-2,5,7,9H2. The first-order valence-corrected chi connectivity index (χ1v) is 5.55. The minimum Gasteiger partial charge on any atom is -0.459 e. The number of aromatic nitrogens is 1. The van der Waals surface area contributed by atoms with Crippen molar-refractivity contribution in [2.45, 2.75) is 25.4 Å². The van der Waals surface area contributed by atoms with Crippen molar-refractivity contribution in [3.63, 3.8) is 0 Å². The third kappa shape index (κ3) is 3.03. The normalized spacial score (nSPS) is 20.4. The Morgan fingerprint density at radius 2 is 2.50 bits per heavy atom. The van der Waals surface area contributed by atoms with E-state index in [1.807, 2.05) is 0 Å². The maximum absolute atomic E-state index is 11.6. The highest BCUT2D eigenvalue weighted by Gasteiger charge is 2.16. The van der Waals surface area contributed by atoms with Crippen molar-refractivity contribution in [3.05, 3.63) is 30.1 Å². The molecule has 0 saturated carbocycles. The van der Waals surface area contributed by atoms with E-state index >= 15 is 0 Å². The van der Waals surface area contributed by atoms with Crippen molar-refractivity contribution in [2.75, 3.05) is 13.2 Å². The molecule has 1 aliphatic rings. The molecular weight excluding hydrogens is 206 g/mol. The first-order chi connectivity index (χ1) is 7.86. The Balaban J connectivity index is 1.79. The molecule has 86 valence electrons. The SMILES string of the molecule is O=C(OCC1CCCCO1)c1cccnc1. The van der Waals surface area contributed by atoms with Gasteiger partial charge in [-0.25, -0.2) is 4.79 Å². The number of carbonyl (C=O) groups is 1. The fraction of sp³-hybridized carbons (Fsp3) is 0.500. The van der Waals surface area contributed by atoms with Crippen LogP contribution in [0, 0.1) is 0 Å². The van der Waals surface area contributed by atoms with Gasteiger partial charge in [0.25, 0.3) is 0 Å². The molecule has 1 atom stereocenters. The number of hydrogen-bond donors (Lipinski definition) is 0. The number of nitrogens with zero attached hydrogens (tertiary/aromatic N) is 1. The molecular formula is C12H15NO3. The summed E-state index contributed by atoms with van der Waals surface area (Å²) < 4.78 is 10.6. The Morgan fingerprint density at radius 1 is 1.56 bits per heavy atom. The van der Waals surface area contributed by atoms with E-state index in [1.165, 1.54) is 6.20 Å². The summed E-state index contributed by atoms with van der Waals surface area (Å²) in [5.74, 6) is -0.331. The molecule has 1 aliphatic heterocycles. The van der Waals surface area contributed by atoms with E-state index < -0.39 is 0 Å². The Morgan fingerprint density at radius 3 is 3.19 bits per heavy atom. The van der Waals surface area contributed by atoms with Gasteiger partial charge in [-0.3, -0.25) is 4.98 Å². The Labute approximate surface area is 94.6 Å². The molecule has 0 aromatic carbocycles. The van der Waals surface area contributed by atoms with Crippen LogP contribution in [0.5, 0.6) is 0 Å². The highest BCUT2D eigenvalue weighted by Crippen LogP contribution is 2.13. The lowest BCUT2D eigenvalue weighted by atomic mass is 10.1. The number of rotatable bonds is 3. The number of ether oxygens (including phenoxy) is 2. The fourth-order valence-electron chi connectivity index (χ4n) is 1.67. The Bertz CT molecular complexity index is 333. The molecule has 1 unspecified atom stereocenters. The van der Waals surface area contributed by atoms with Gasteiger partial charge in [0.2, 0.25) is 0 Å². The summed E-state index contributed by atoms with van der Waals surface area (Å²) >= 11 is 0. The van der Waals surface area contributed by atoms with E-state index in [2.05, 4.69) is 4.98 Å². The minimum atomic E-state index is -0.331. The van der Waals surface area contributed by atoms with E-state index in [1.54, 1.807) is 18.3 Å². The summed E-state index contributed by atoms with van der Waals surface area (Å²) in [6.45, 7) is 1.11. The van der Waals surface area contributed by atoms with Crippen molar-refractivity contribution in [3.8, 4) is 0 Å². The van der Waals surface area contributed by atoms with Crippen molar-refractivity contribution < 1.29 is 14.3 Å². The second kappa shape index (κ2) is 5.61. The van der Waals surface area contributed by atoms with E-state index in [-0.39, 0.29) is 12.1 Å². The number of hydrogen-bond acceptors (Lipinski definition) is 4. The third-order valence-electron chi connectivity index (χ3n) is 2.57. The van der Waals surface area contributed by atoms with Crippen LogP contribution in [0.25, 0.3) is 0 Å². The molecule has 0 amide bonds. The Hall–Kier alpha value is -1.42. The molecule has 1 fully saturated rings. The van der Waals surface area contributed by atoms with Gasteiger partial charge in [-0.1, -0.05) is 0 Å². The molecule has 4 heteroatoms. The summed E-state index contributed by atoms with van der Waals surface area (Å²) in [6.07, 6.45) is 6.42. The van der Waals surface area contributed by atoms with Crippen molar-refractivity contribution in [1.82, 2.24) is 4.98 Å². The zero-order valence-corrected chi connectivity index (χ0v) is 9.09. The van der Waals surface area contributed by atoms with Gasteiger partial charge < -0.3 is 9.47 Å². The summed E-state index contributed by atoms with van der Waals surface area (Å²) in [5, 5.41) is 0. The van der Waals surface area contributed by atoms with Gasteiger partial charge >= 0.3 is 5.97 Å². The van der Waals surface area contributed by atoms with E-state index in [0.717, 1.165) is 25.9 Å². The molecule has 0 N–H and O–H groups in total. The summed E-state index contributed by atoms with van der Waals surface area (Å²) in [4.78, 5) is 15.4. The van der Waals surface area contributed by atoms with Crippen LogP contribution in [-0.4, -0.2) is 30.3 Å². The van der Waals surface area contributed by atoms with Crippen LogP contribution >= 0.6 is 0 Å². The van der Waals surface area contributed by atoms with Gasteiger partial charge in [-0.15, -0.1) is 0 Å². The van der Waals surface area contributed by atoms with E-state index in [0.29, 0.717) is 12.2 Å². The minimum absolute atomic E-state index is 0.0642.